The Kier molecular flexibility index (Phi) is 3.35. The number of carboxylic acids is 1. The van der Waals surface area contributed by atoms with E-state index < -0.39 is 40.2 Å². The van der Waals surface area contributed by atoms with Crippen molar-refractivity contribution in [1.82, 2.24) is 4.98 Å². The average Bonchev–Trinajstić information content (AvgIpc) is 2.17. The number of alkyl halides is 3. The molecule has 0 radical (unpaired) electrons. The van der Waals surface area contributed by atoms with Crippen molar-refractivity contribution in [3.05, 3.63) is 27.8 Å². The van der Waals surface area contributed by atoms with Crippen LogP contribution in [-0.2, 0) is 0 Å². The molecule has 0 unspecified atom stereocenters. The van der Waals surface area contributed by atoms with E-state index in [0.717, 1.165) is 0 Å². The lowest BCUT2D eigenvalue weighted by Crippen LogP contribution is -2.20. The number of ether oxygens (including phenoxy) is 1. The first-order chi connectivity index (χ1) is 8.13. The maximum atomic E-state index is 13.0. The van der Waals surface area contributed by atoms with Crippen molar-refractivity contribution < 1.29 is 37.1 Å². The van der Waals surface area contributed by atoms with Gasteiger partial charge < -0.3 is 9.84 Å². The third-order valence-corrected chi connectivity index (χ3v) is 1.57. The number of halogens is 4. The number of carboxylic acid groups (broad SMARTS) is 1. The van der Waals surface area contributed by atoms with Gasteiger partial charge >= 0.3 is 18.0 Å². The lowest BCUT2D eigenvalue weighted by Gasteiger charge is -2.10. The van der Waals surface area contributed by atoms with E-state index in [1.807, 2.05) is 0 Å². The second-order valence-electron chi connectivity index (χ2n) is 2.74. The summed E-state index contributed by atoms with van der Waals surface area (Å²) in [4.78, 5) is 22.3. The van der Waals surface area contributed by atoms with Crippen LogP contribution in [0.1, 0.15) is 10.5 Å². The third-order valence-electron chi connectivity index (χ3n) is 1.57. The zero-order valence-electron chi connectivity index (χ0n) is 8.06. The molecular formula is C7H2F4N2O5. The quantitative estimate of drug-likeness (QED) is 0.509. The van der Waals surface area contributed by atoms with Gasteiger partial charge in [0.25, 0.3) is 0 Å². The number of aromatic carboxylic acids is 1. The summed E-state index contributed by atoms with van der Waals surface area (Å²) in [6, 6.07) is 0. The number of hydrogen-bond donors (Lipinski definition) is 1. The largest absolute Gasteiger partial charge is 0.573 e. The molecule has 0 spiro atoms. The average molecular weight is 270 g/mol. The summed E-state index contributed by atoms with van der Waals surface area (Å²) in [6.07, 6.45) is -5.33. The minimum atomic E-state index is -5.41. The molecule has 18 heavy (non-hydrogen) atoms. The number of pyridine rings is 1. The van der Waals surface area contributed by atoms with Gasteiger partial charge in [-0.2, -0.15) is 0 Å². The molecule has 0 atom stereocenters. The molecule has 0 saturated carbocycles. The number of carbonyl (C=O) groups is 1. The summed E-state index contributed by atoms with van der Waals surface area (Å²) in [6.45, 7) is 0. The molecule has 1 aromatic heterocycles. The minimum absolute atomic E-state index is 0.0809. The van der Waals surface area contributed by atoms with Crippen molar-refractivity contribution in [1.29, 1.82) is 0 Å². The molecule has 0 fully saturated rings. The Bertz CT molecular complexity index is 515. The van der Waals surface area contributed by atoms with E-state index >= 15 is 0 Å². The van der Waals surface area contributed by atoms with Crippen LogP contribution in [0, 0.1) is 15.9 Å². The van der Waals surface area contributed by atoms with Gasteiger partial charge in [-0.3, -0.25) is 10.1 Å². The van der Waals surface area contributed by atoms with E-state index in [-0.39, 0.29) is 6.20 Å². The molecule has 0 aliphatic rings. The Labute approximate surface area is 94.8 Å². The second kappa shape index (κ2) is 4.43. The van der Waals surface area contributed by atoms with Crippen LogP contribution in [0.4, 0.5) is 23.2 Å². The van der Waals surface area contributed by atoms with Gasteiger partial charge in [0.05, 0.1) is 11.1 Å². The van der Waals surface area contributed by atoms with E-state index in [0.29, 0.717) is 0 Å². The summed E-state index contributed by atoms with van der Waals surface area (Å²) in [5.41, 5.74) is -3.07. The molecule has 1 rings (SSSR count). The summed E-state index contributed by atoms with van der Waals surface area (Å²) in [7, 11) is 0. The summed E-state index contributed by atoms with van der Waals surface area (Å²) in [5, 5.41) is 19.0. The zero-order valence-corrected chi connectivity index (χ0v) is 8.06. The van der Waals surface area contributed by atoms with Crippen LogP contribution in [-0.4, -0.2) is 27.3 Å². The van der Waals surface area contributed by atoms with E-state index in [4.69, 9.17) is 5.11 Å². The summed E-state index contributed by atoms with van der Waals surface area (Å²) >= 11 is 0. The lowest BCUT2D eigenvalue weighted by atomic mass is 10.2. The number of nitro groups is 1. The smallest absolute Gasteiger partial charge is 0.476 e. The molecule has 1 aromatic rings. The van der Waals surface area contributed by atoms with Gasteiger partial charge in [-0.15, -0.1) is 13.2 Å². The first-order valence-corrected chi connectivity index (χ1v) is 3.95. The molecule has 0 aliphatic heterocycles. The Morgan fingerprint density at radius 3 is 2.44 bits per heavy atom. The number of aromatic nitrogens is 1. The van der Waals surface area contributed by atoms with E-state index in [1.165, 1.54) is 0 Å². The Balaban J connectivity index is 3.51. The normalized spacial score (nSPS) is 11.1. The van der Waals surface area contributed by atoms with Gasteiger partial charge in [0.1, 0.15) is 0 Å². The van der Waals surface area contributed by atoms with E-state index in [9.17, 15) is 32.5 Å². The summed E-state index contributed by atoms with van der Waals surface area (Å²) < 4.78 is 51.8. The molecule has 0 saturated heterocycles. The maximum absolute atomic E-state index is 13.0. The second-order valence-corrected chi connectivity index (χ2v) is 2.74. The molecule has 0 bridgehead atoms. The topological polar surface area (TPSA) is 103 Å². The highest BCUT2D eigenvalue weighted by Gasteiger charge is 2.39. The van der Waals surface area contributed by atoms with Gasteiger partial charge in [-0.25, -0.2) is 14.2 Å². The Hall–Kier alpha value is -2.46. The van der Waals surface area contributed by atoms with Crippen LogP contribution in [0.2, 0.25) is 0 Å². The molecular weight excluding hydrogens is 268 g/mol. The molecule has 1 heterocycles. The van der Waals surface area contributed by atoms with Crippen LogP contribution in [0.25, 0.3) is 0 Å². The lowest BCUT2D eigenvalue weighted by molar-refractivity contribution is -0.389. The standard InChI is InChI=1S/C7H2F4N2O5/c8-2-1-12-3(6(14)15)4(13(16)17)5(2)18-7(9,10)11/h1H,(H,14,15). The third kappa shape index (κ3) is 2.81. The van der Waals surface area contributed by atoms with Crippen LogP contribution >= 0.6 is 0 Å². The first-order valence-electron chi connectivity index (χ1n) is 3.95. The van der Waals surface area contributed by atoms with Crippen LogP contribution < -0.4 is 4.74 Å². The fraction of sp³-hybridized carbons (Fsp3) is 0.143. The molecule has 98 valence electrons. The predicted molar refractivity (Wildman–Crippen MR) is 44.5 cm³/mol. The van der Waals surface area contributed by atoms with Crippen LogP contribution in [0.5, 0.6) is 5.75 Å². The molecule has 11 heteroatoms. The Morgan fingerprint density at radius 1 is 1.50 bits per heavy atom. The van der Waals surface area contributed by atoms with E-state index in [1.54, 1.807) is 0 Å². The highest BCUT2D eigenvalue weighted by Crippen LogP contribution is 2.36. The first kappa shape index (κ1) is 13.6. The van der Waals surface area contributed by atoms with Gasteiger partial charge in [-0.1, -0.05) is 0 Å². The van der Waals surface area contributed by atoms with Gasteiger partial charge in [0, 0.05) is 0 Å². The SMILES string of the molecule is O=C(O)c1ncc(F)c(OC(F)(F)F)c1[N+](=O)[O-]. The highest BCUT2D eigenvalue weighted by atomic mass is 19.4. The van der Waals surface area contributed by atoms with Gasteiger partial charge in [0.15, 0.2) is 5.82 Å². The fourth-order valence-electron chi connectivity index (χ4n) is 1.00. The van der Waals surface area contributed by atoms with Crippen molar-refractivity contribution >= 4 is 11.7 Å². The number of rotatable bonds is 3. The maximum Gasteiger partial charge on any atom is 0.573 e. The number of hydrogen-bond acceptors (Lipinski definition) is 5. The molecule has 0 aromatic carbocycles. The van der Waals surface area contributed by atoms with Gasteiger partial charge in [-0.05, 0) is 0 Å². The Morgan fingerprint density at radius 2 is 2.06 bits per heavy atom. The highest BCUT2D eigenvalue weighted by molar-refractivity contribution is 5.91. The van der Waals surface area contributed by atoms with Crippen molar-refractivity contribution in [3.63, 3.8) is 0 Å². The molecule has 0 aliphatic carbocycles. The van der Waals surface area contributed by atoms with Crippen LogP contribution in [0.3, 0.4) is 0 Å². The predicted octanol–water partition coefficient (Wildman–Crippen LogP) is 1.73. The minimum Gasteiger partial charge on any atom is -0.476 e. The van der Waals surface area contributed by atoms with Crippen LogP contribution in [0.15, 0.2) is 6.20 Å². The van der Waals surface area contributed by atoms with Crippen molar-refractivity contribution in [2.75, 3.05) is 0 Å². The van der Waals surface area contributed by atoms with Crippen molar-refractivity contribution in [2.24, 2.45) is 0 Å². The molecule has 1 N–H and O–H groups in total. The monoisotopic (exact) mass is 270 g/mol. The zero-order chi connectivity index (χ0) is 14.1. The van der Waals surface area contributed by atoms with Crippen molar-refractivity contribution in [2.45, 2.75) is 6.36 Å². The number of nitrogens with zero attached hydrogens (tertiary/aromatic N) is 2. The fourth-order valence-corrected chi connectivity index (χ4v) is 1.00. The molecule has 0 amide bonds. The molecule has 7 nitrogen and oxygen atoms in total. The van der Waals surface area contributed by atoms with Crippen molar-refractivity contribution in [3.8, 4) is 5.75 Å². The summed E-state index contributed by atoms with van der Waals surface area (Å²) in [5.74, 6) is -5.64. The van der Waals surface area contributed by atoms with E-state index in [2.05, 4.69) is 9.72 Å². The van der Waals surface area contributed by atoms with Gasteiger partial charge in [0.2, 0.25) is 11.4 Å².